The van der Waals surface area contributed by atoms with Gasteiger partial charge in [-0.15, -0.1) is 11.8 Å². The van der Waals surface area contributed by atoms with Crippen LogP contribution in [0.5, 0.6) is 0 Å². The number of rotatable bonds is 8. The number of esters is 1. The van der Waals surface area contributed by atoms with E-state index in [2.05, 4.69) is 0 Å². The van der Waals surface area contributed by atoms with Crippen LogP contribution in [0.15, 0.2) is 47.4 Å². The molecule has 8 nitrogen and oxygen atoms in total. The number of carbonyl (C=O) groups excluding carboxylic acids is 3. The molecule has 0 fully saturated rings. The summed E-state index contributed by atoms with van der Waals surface area (Å²) in [6.07, 6.45) is 1.70. The van der Waals surface area contributed by atoms with Crippen LogP contribution in [0.3, 0.4) is 0 Å². The first-order valence-electron chi connectivity index (χ1n) is 8.56. The Morgan fingerprint density at radius 1 is 1.10 bits per heavy atom. The van der Waals surface area contributed by atoms with Crippen molar-refractivity contribution in [1.82, 2.24) is 4.90 Å². The largest absolute Gasteiger partial charge is 0.454 e. The summed E-state index contributed by atoms with van der Waals surface area (Å²) in [6.45, 7) is 1.41. The average Bonchev–Trinajstić information content (AvgIpc) is 2.71. The van der Waals surface area contributed by atoms with E-state index < -0.39 is 23.3 Å². The van der Waals surface area contributed by atoms with Crippen molar-refractivity contribution in [3.05, 3.63) is 69.3 Å². The molecule has 0 aliphatic heterocycles. The van der Waals surface area contributed by atoms with E-state index >= 15 is 0 Å². The summed E-state index contributed by atoms with van der Waals surface area (Å²) in [5.74, 6) is -1.28. The van der Waals surface area contributed by atoms with Crippen LogP contribution in [-0.4, -0.2) is 47.4 Å². The predicted octanol–water partition coefficient (Wildman–Crippen LogP) is 3.33. The molecule has 0 N–H and O–H groups in total. The van der Waals surface area contributed by atoms with Gasteiger partial charge in [0, 0.05) is 32.1 Å². The molecular formula is C20H20N2O6S. The molecule has 0 atom stereocenters. The van der Waals surface area contributed by atoms with Crippen molar-refractivity contribution in [2.75, 3.05) is 19.9 Å². The summed E-state index contributed by atoms with van der Waals surface area (Å²) in [6, 6.07) is 10.7. The first-order chi connectivity index (χ1) is 13.7. The molecule has 9 heteroatoms. The number of nitrogens with zero attached hydrogens (tertiary/aromatic N) is 2. The van der Waals surface area contributed by atoms with Gasteiger partial charge in [0.15, 0.2) is 12.4 Å². The number of carbonyl (C=O) groups is 3. The van der Waals surface area contributed by atoms with E-state index in [-0.39, 0.29) is 17.2 Å². The normalized spacial score (nSPS) is 10.3. The van der Waals surface area contributed by atoms with Crippen molar-refractivity contribution >= 4 is 35.1 Å². The molecule has 0 aliphatic rings. The molecule has 0 unspecified atom stereocenters. The number of thioether (sulfide) groups is 1. The Hall–Kier alpha value is -3.20. The minimum Gasteiger partial charge on any atom is -0.454 e. The van der Waals surface area contributed by atoms with Crippen LogP contribution in [0.1, 0.15) is 33.2 Å². The molecule has 2 aromatic rings. The Morgan fingerprint density at radius 3 is 2.28 bits per heavy atom. The third kappa shape index (κ3) is 5.89. The van der Waals surface area contributed by atoms with Gasteiger partial charge in [0.2, 0.25) is 5.91 Å². The third-order valence-electron chi connectivity index (χ3n) is 4.18. The van der Waals surface area contributed by atoms with Crippen LogP contribution < -0.4 is 0 Å². The monoisotopic (exact) mass is 416 g/mol. The van der Waals surface area contributed by atoms with E-state index in [9.17, 15) is 24.5 Å². The van der Waals surface area contributed by atoms with Gasteiger partial charge in [-0.2, -0.15) is 0 Å². The lowest BCUT2D eigenvalue weighted by molar-refractivity contribution is -0.387. The van der Waals surface area contributed by atoms with E-state index in [4.69, 9.17) is 4.74 Å². The number of amides is 1. The van der Waals surface area contributed by atoms with Gasteiger partial charge in [-0.3, -0.25) is 19.7 Å². The molecule has 0 heterocycles. The Labute approximate surface area is 172 Å². The van der Waals surface area contributed by atoms with E-state index in [1.54, 1.807) is 42.5 Å². The highest BCUT2D eigenvalue weighted by molar-refractivity contribution is 7.98. The fraction of sp³-hybridized carbons (Fsp3) is 0.250. The summed E-state index contributed by atoms with van der Waals surface area (Å²) in [7, 11) is 1.68. The van der Waals surface area contributed by atoms with Crippen molar-refractivity contribution in [3.63, 3.8) is 0 Å². The maximum Gasteiger partial charge on any atom is 0.338 e. The molecule has 29 heavy (non-hydrogen) atoms. The van der Waals surface area contributed by atoms with Gasteiger partial charge in [-0.1, -0.05) is 24.3 Å². The van der Waals surface area contributed by atoms with Gasteiger partial charge in [0.25, 0.3) is 5.69 Å². The second kappa shape index (κ2) is 9.83. The van der Waals surface area contributed by atoms with Crippen LogP contribution in [0.25, 0.3) is 0 Å². The van der Waals surface area contributed by atoms with E-state index in [1.807, 2.05) is 0 Å². The zero-order valence-electron chi connectivity index (χ0n) is 16.2. The molecule has 0 aliphatic carbocycles. The minimum atomic E-state index is -0.811. The summed E-state index contributed by atoms with van der Waals surface area (Å²) < 4.78 is 5.01. The lowest BCUT2D eigenvalue weighted by Crippen LogP contribution is -2.23. The molecular weight excluding hydrogens is 396 g/mol. The Morgan fingerprint density at radius 2 is 1.72 bits per heavy atom. The SMILES string of the molecule is CSc1ccc(C(=O)OCC(=O)c2ccc(CN(C)C(C)=O)cc2)cc1[N+](=O)[O-]. The minimum absolute atomic E-state index is 0.00455. The Kier molecular flexibility index (Phi) is 7.49. The Balaban J connectivity index is 2.00. The van der Waals surface area contributed by atoms with Gasteiger partial charge in [-0.25, -0.2) is 4.79 Å². The number of ether oxygens (including phenoxy) is 1. The molecule has 0 bridgehead atoms. The fourth-order valence-corrected chi connectivity index (χ4v) is 2.99. The third-order valence-corrected chi connectivity index (χ3v) is 4.96. The molecule has 0 saturated heterocycles. The van der Waals surface area contributed by atoms with E-state index in [0.29, 0.717) is 17.0 Å². The number of nitro benzene ring substituents is 1. The van der Waals surface area contributed by atoms with Gasteiger partial charge in [0.1, 0.15) is 0 Å². The first-order valence-corrected chi connectivity index (χ1v) is 9.78. The van der Waals surface area contributed by atoms with Gasteiger partial charge < -0.3 is 9.64 Å². The van der Waals surface area contributed by atoms with Crippen molar-refractivity contribution in [2.45, 2.75) is 18.4 Å². The average molecular weight is 416 g/mol. The van der Waals surface area contributed by atoms with Crippen molar-refractivity contribution in [2.24, 2.45) is 0 Å². The molecule has 1 amide bonds. The lowest BCUT2D eigenvalue weighted by Gasteiger charge is -2.14. The van der Waals surface area contributed by atoms with Crippen LogP contribution in [-0.2, 0) is 16.1 Å². The van der Waals surface area contributed by atoms with E-state index in [1.165, 1.54) is 30.8 Å². The second-order valence-electron chi connectivity index (χ2n) is 6.22. The van der Waals surface area contributed by atoms with Gasteiger partial charge in [0.05, 0.1) is 15.4 Å². The van der Waals surface area contributed by atoms with Crippen molar-refractivity contribution < 1.29 is 24.0 Å². The van der Waals surface area contributed by atoms with Crippen LogP contribution in [0.2, 0.25) is 0 Å². The summed E-state index contributed by atoms with van der Waals surface area (Å²) in [5, 5.41) is 11.1. The number of hydrogen-bond donors (Lipinski definition) is 0. The lowest BCUT2D eigenvalue weighted by atomic mass is 10.1. The topological polar surface area (TPSA) is 107 Å². The quantitative estimate of drug-likeness (QED) is 0.214. The zero-order valence-corrected chi connectivity index (χ0v) is 17.0. The summed E-state index contributed by atoms with van der Waals surface area (Å²) in [5.41, 5.74) is 1.03. The summed E-state index contributed by atoms with van der Waals surface area (Å²) in [4.78, 5) is 48.2. The van der Waals surface area contributed by atoms with Crippen molar-refractivity contribution in [1.29, 1.82) is 0 Å². The zero-order chi connectivity index (χ0) is 21.6. The smallest absolute Gasteiger partial charge is 0.338 e. The van der Waals surface area contributed by atoms with Gasteiger partial charge in [-0.05, 0) is 24.0 Å². The number of Topliss-reactive ketones (excluding diaryl/α,β-unsaturated/α-hetero) is 1. The second-order valence-corrected chi connectivity index (χ2v) is 7.06. The number of ketones is 1. The fourth-order valence-electron chi connectivity index (χ4n) is 2.44. The highest BCUT2D eigenvalue weighted by Crippen LogP contribution is 2.28. The van der Waals surface area contributed by atoms with Gasteiger partial charge >= 0.3 is 5.97 Å². The van der Waals surface area contributed by atoms with Crippen LogP contribution in [0, 0.1) is 10.1 Å². The number of hydrogen-bond acceptors (Lipinski definition) is 7. The molecule has 2 aromatic carbocycles. The molecule has 152 valence electrons. The maximum atomic E-state index is 12.2. The molecule has 0 spiro atoms. The number of benzene rings is 2. The molecule has 0 aromatic heterocycles. The molecule has 2 rings (SSSR count). The van der Waals surface area contributed by atoms with Crippen LogP contribution >= 0.6 is 11.8 Å². The van der Waals surface area contributed by atoms with E-state index in [0.717, 1.165) is 11.6 Å². The molecule has 0 radical (unpaired) electrons. The summed E-state index contributed by atoms with van der Waals surface area (Å²) >= 11 is 1.20. The maximum absolute atomic E-state index is 12.2. The standard InChI is InChI=1S/C20H20N2O6S/c1-13(23)21(2)11-14-4-6-15(7-5-14)18(24)12-28-20(25)16-8-9-19(29-3)17(10-16)22(26)27/h4-10H,11-12H2,1-3H3. The molecule has 0 saturated carbocycles. The van der Waals surface area contributed by atoms with Crippen molar-refractivity contribution in [3.8, 4) is 0 Å². The highest BCUT2D eigenvalue weighted by Gasteiger charge is 2.19. The predicted molar refractivity (Wildman–Crippen MR) is 108 cm³/mol. The van der Waals surface area contributed by atoms with Crippen LogP contribution in [0.4, 0.5) is 5.69 Å². The Bertz CT molecular complexity index is 942. The number of nitro groups is 1. The highest BCUT2D eigenvalue weighted by atomic mass is 32.2. The first kappa shape index (κ1) is 22.1.